The predicted molar refractivity (Wildman–Crippen MR) is 78.3 cm³/mol. The molecule has 3 heteroatoms. The van der Waals surface area contributed by atoms with E-state index in [0.717, 1.165) is 18.4 Å². The molecule has 0 aromatic rings. The minimum Gasteiger partial charge on any atom is -0.384 e. The average molecular weight is 266 g/mol. The van der Waals surface area contributed by atoms with Crippen LogP contribution in [0.5, 0.6) is 0 Å². The van der Waals surface area contributed by atoms with Gasteiger partial charge in [0.1, 0.15) is 0 Å². The maximum Gasteiger partial charge on any atom is 0.0531 e. The minimum absolute atomic E-state index is 0.420. The van der Waals surface area contributed by atoms with E-state index in [1.165, 1.54) is 71.2 Å². The second-order valence-corrected chi connectivity index (χ2v) is 7.26. The van der Waals surface area contributed by atoms with E-state index in [-0.39, 0.29) is 0 Å². The van der Waals surface area contributed by atoms with Crippen LogP contribution in [0.3, 0.4) is 0 Å². The summed E-state index contributed by atoms with van der Waals surface area (Å²) in [7, 11) is 1.87. The van der Waals surface area contributed by atoms with Crippen LogP contribution in [0.25, 0.3) is 0 Å². The summed E-state index contributed by atoms with van der Waals surface area (Å²) in [6, 6.07) is 0. The van der Waals surface area contributed by atoms with Crippen LogP contribution in [0.2, 0.25) is 0 Å². The Bertz CT molecular complexity index is 261. The van der Waals surface area contributed by atoms with Crippen LogP contribution in [-0.2, 0) is 4.74 Å². The third kappa shape index (κ3) is 4.17. The first kappa shape index (κ1) is 13.8. The third-order valence-electron chi connectivity index (χ3n) is 5.10. The molecular weight excluding hydrogens is 236 g/mol. The van der Waals surface area contributed by atoms with E-state index in [1.807, 2.05) is 7.11 Å². The lowest BCUT2D eigenvalue weighted by Crippen LogP contribution is -2.48. The number of piperidine rings is 1. The molecule has 3 fully saturated rings. The van der Waals surface area contributed by atoms with Crippen molar-refractivity contribution < 1.29 is 4.74 Å². The molecule has 1 saturated heterocycles. The van der Waals surface area contributed by atoms with Gasteiger partial charge < -0.3 is 15.0 Å². The highest BCUT2D eigenvalue weighted by molar-refractivity contribution is 4.90. The molecular formula is C16H30N2O. The zero-order valence-electron chi connectivity index (χ0n) is 12.5. The van der Waals surface area contributed by atoms with Gasteiger partial charge in [0.25, 0.3) is 0 Å². The molecule has 0 atom stereocenters. The molecule has 2 aliphatic carbocycles. The molecule has 0 radical (unpaired) electrons. The SMILES string of the molecule is COCC1(CN(CC2CC2)CC2CC2)CCNCC1. The molecule has 2 saturated carbocycles. The largest absolute Gasteiger partial charge is 0.384 e. The zero-order valence-corrected chi connectivity index (χ0v) is 12.5. The summed E-state index contributed by atoms with van der Waals surface area (Å²) in [6.07, 6.45) is 8.46. The van der Waals surface area contributed by atoms with Crippen LogP contribution in [0.15, 0.2) is 0 Å². The van der Waals surface area contributed by atoms with Crippen molar-refractivity contribution in [1.82, 2.24) is 10.2 Å². The van der Waals surface area contributed by atoms with Gasteiger partial charge in [-0.2, -0.15) is 0 Å². The Balaban J connectivity index is 1.58. The van der Waals surface area contributed by atoms with Crippen LogP contribution in [-0.4, -0.2) is 51.3 Å². The quantitative estimate of drug-likeness (QED) is 0.728. The monoisotopic (exact) mass is 266 g/mol. The summed E-state index contributed by atoms with van der Waals surface area (Å²) in [5, 5.41) is 3.50. The first-order chi connectivity index (χ1) is 9.30. The molecule has 3 aliphatic rings. The molecule has 0 bridgehead atoms. The predicted octanol–water partition coefficient (Wildman–Crippen LogP) is 2.12. The van der Waals surface area contributed by atoms with E-state index in [1.54, 1.807) is 0 Å². The Kier molecular flexibility index (Phi) is 4.45. The van der Waals surface area contributed by atoms with Gasteiger partial charge in [-0.05, 0) is 63.5 Å². The first-order valence-corrected chi connectivity index (χ1v) is 8.22. The summed E-state index contributed by atoms with van der Waals surface area (Å²) >= 11 is 0. The Labute approximate surface area is 118 Å². The molecule has 0 unspecified atom stereocenters. The van der Waals surface area contributed by atoms with Crippen molar-refractivity contribution in [3.05, 3.63) is 0 Å². The molecule has 0 amide bonds. The van der Waals surface area contributed by atoms with Crippen molar-refractivity contribution in [3.8, 4) is 0 Å². The second kappa shape index (κ2) is 6.11. The molecule has 0 aromatic carbocycles. The van der Waals surface area contributed by atoms with Gasteiger partial charge in [0, 0.05) is 32.2 Å². The van der Waals surface area contributed by atoms with Crippen LogP contribution in [0.1, 0.15) is 38.5 Å². The smallest absolute Gasteiger partial charge is 0.0531 e. The molecule has 3 rings (SSSR count). The van der Waals surface area contributed by atoms with Gasteiger partial charge in [0.2, 0.25) is 0 Å². The van der Waals surface area contributed by atoms with Crippen LogP contribution in [0.4, 0.5) is 0 Å². The van der Waals surface area contributed by atoms with Crippen LogP contribution >= 0.6 is 0 Å². The van der Waals surface area contributed by atoms with E-state index in [2.05, 4.69) is 10.2 Å². The highest BCUT2D eigenvalue weighted by Crippen LogP contribution is 2.37. The fourth-order valence-corrected chi connectivity index (χ4v) is 3.62. The molecule has 0 spiro atoms. The Morgan fingerprint density at radius 3 is 2.11 bits per heavy atom. The van der Waals surface area contributed by atoms with Gasteiger partial charge in [0.15, 0.2) is 0 Å². The normalized spacial score (nSPS) is 26.8. The summed E-state index contributed by atoms with van der Waals surface area (Å²) in [5.74, 6) is 2.03. The van der Waals surface area contributed by atoms with Crippen molar-refractivity contribution in [1.29, 1.82) is 0 Å². The highest BCUT2D eigenvalue weighted by Gasteiger charge is 2.37. The molecule has 1 aliphatic heterocycles. The van der Waals surface area contributed by atoms with E-state index >= 15 is 0 Å². The number of hydrogen-bond acceptors (Lipinski definition) is 3. The lowest BCUT2D eigenvalue weighted by molar-refractivity contribution is 0.0199. The van der Waals surface area contributed by atoms with Crippen molar-refractivity contribution in [3.63, 3.8) is 0 Å². The van der Waals surface area contributed by atoms with Gasteiger partial charge in [-0.25, -0.2) is 0 Å². The van der Waals surface area contributed by atoms with Gasteiger partial charge >= 0.3 is 0 Å². The van der Waals surface area contributed by atoms with Crippen LogP contribution in [0, 0.1) is 17.3 Å². The van der Waals surface area contributed by atoms with Crippen LogP contribution < -0.4 is 5.32 Å². The fraction of sp³-hybridized carbons (Fsp3) is 1.00. The standard InChI is InChI=1S/C16H30N2O/c1-19-13-16(6-8-17-9-7-16)12-18(10-14-2-3-14)11-15-4-5-15/h14-15,17H,2-13H2,1H3. The number of hydrogen-bond donors (Lipinski definition) is 1. The third-order valence-corrected chi connectivity index (χ3v) is 5.10. The topological polar surface area (TPSA) is 24.5 Å². The van der Waals surface area contributed by atoms with Gasteiger partial charge in [-0.3, -0.25) is 0 Å². The minimum atomic E-state index is 0.420. The average Bonchev–Trinajstić information content (AvgIpc) is 3.27. The van der Waals surface area contributed by atoms with Crippen molar-refractivity contribution >= 4 is 0 Å². The number of ether oxygens (including phenoxy) is 1. The maximum atomic E-state index is 5.57. The Hall–Kier alpha value is -0.120. The Morgan fingerprint density at radius 1 is 1.05 bits per heavy atom. The van der Waals surface area contributed by atoms with Gasteiger partial charge in [0.05, 0.1) is 6.61 Å². The molecule has 0 aromatic heterocycles. The van der Waals surface area contributed by atoms with Gasteiger partial charge in [-0.15, -0.1) is 0 Å². The molecule has 1 heterocycles. The summed E-state index contributed by atoms with van der Waals surface area (Å²) in [4.78, 5) is 2.79. The van der Waals surface area contributed by atoms with E-state index in [4.69, 9.17) is 4.74 Å². The summed E-state index contributed by atoms with van der Waals surface area (Å²) < 4.78 is 5.57. The van der Waals surface area contributed by atoms with E-state index in [0.29, 0.717) is 5.41 Å². The Morgan fingerprint density at radius 2 is 1.63 bits per heavy atom. The van der Waals surface area contributed by atoms with Crippen molar-refractivity contribution in [2.24, 2.45) is 17.3 Å². The molecule has 19 heavy (non-hydrogen) atoms. The molecule has 1 N–H and O–H groups in total. The van der Waals surface area contributed by atoms with Crippen molar-refractivity contribution in [2.45, 2.75) is 38.5 Å². The second-order valence-electron chi connectivity index (χ2n) is 7.26. The first-order valence-electron chi connectivity index (χ1n) is 8.22. The lowest BCUT2D eigenvalue weighted by atomic mass is 9.79. The van der Waals surface area contributed by atoms with E-state index < -0.39 is 0 Å². The number of methoxy groups -OCH3 is 1. The molecule has 3 nitrogen and oxygen atoms in total. The lowest BCUT2D eigenvalue weighted by Gasteiger charge is -2.41. The van der Waals surface area contributed by atoms with Crippen molar-refractivity contribution in [2.75, 3.05) is 46.4 Å². The number of nitrogens with zero attached hydrogens (tertiary/aromatic N) is 1. The summed E-state index contributed by atoms with van der Waals surface area (Å²) in [5.41, 5.74) is 0.420. The number of nitrogens with one attached hydrogen (secondary N) is 1. The highest BCUT2D eigenvalue weighted by atomic mass is 16.5. The number of rotatable bonds is 8. The van der Waals surface area contributed by atoms with E-state index in [9.17, 15) is 0 Å². The van der Waals surface area contributed by atoms with Gasteiger partial charge in [-0.1, -0.05) is 0 Å². The zero-order chi connectivity index (χ0) is 13.1. The fourth-order valence-electron chi connectivity index (χ4n) is 3.62. The summed E-state index contributed by atoms with van der Waals surface area (Å²) in [6.45, 7) is 7.27. The maximum absolute atomic E-state index is 5.57. The molecule has 110 valence electrons.